The Morgan fingerprint density at radius 1 is 1.24 bits per heavy atom. The zero-order chi connectivity index (χ0) is 15.2. The highest BCUT2D eigenvalue weighted by atomic mass is 16.5. The number of carbonyl (C=O) groups excluding carboxylic acids is 1. The molecule has 2 N–H and O–H groups in total. The van der Waals surface area contributed by atoms with Gasteiger partial charge < -0.3 is 15.2 Å². The molecule has 0 unspecified atom stereocenters. The molecule has 1 aromatic heterocycles. The second-order valence-corrected chi connectivity index (χ2v) is 4.27. The molecule has 21 heavy (non-hydrogen) atoms. The van der Waals surface area contributed by atoms with Crippen LogP contribution in [0.2, 0.25) is 0 Å². The molecule has 0 fully saturated rings. The lowest BCUT2D eigenvalue weighted by Crippen LogP contribution is -2.15. The topological polar surface area (TPSA) is 88.5 Å². The Labute approximate surface area is 121 Å². The maximum absolute atomic E-state index is 12.0. The minimum atomic E-state index is -1.11. The first kappa shape index (κ1) is 14.5. The third-order valence-electron chi connectivity index (χ3n) is 2.81. The molecule has 0 aliphatic heterocycles. The van der Waals surface area contributed by atoms with E-state index >= 15 is 0 Å². The van der Waals surface area contributed by atoms with Crippen molar-refractivity contribution in [2.75, 3.05) is 12.4 Å². The van der Waals surface area contributed by atoms with Crippen molar-refractivity contribution < 1.29 is 19.4 Å². The van der Waals surface area contributed by atoms with Gasteiger partial charge in [-0.05, 0) is 18.2 Å². The number of benzene rings is 1. The molecule has 1 amide bonds. The van der Waals surface area contributed by atoms with E-state index in [1.54, 1.807) is 13.2 Å². The normalized spacial score (nSPS) is 9.95. The van der Waals surface area contributed by atoms with Gasteiger partial charge in [0, 0.05) is 5.56 Å². The Kier molecular flexibility index (Phi) is 4.50. The number of para-hydroxylation sites is 1. The van der Waals surface area contributed by atoms with E-state index in [-0.39, 0.29) is 18.0 Å². The number of pyridine rings is 1. The third kappa shape index (κ3) is 3.79. The summed E-state index contributed by atoms with van der Waals surface area (Å²) in [4.78, 5) is 26.4. The van der Waals surface area contributed by atoms with Gasteiger partial charge >= 0.3 is 5.97 Å². The van der Waals surface area contributed by atoms with Gasteiger partial charge in [-0.1, -0.05) is 18.2 Å². The fourth-order valence-electron chi connectivity index (χ4n) is 1.82. The van der Waals surface area contributed by atoms with Crippen LogP contribution in [0.1, 0.15) is 16.1 Å². The molecule has 2 aromatic rings. The summed E-state index contributed by atoms with van der Waals surface area (Å²) in [5.74, 6) is -0.696. The molecule has 0 aliphatic rings. The first-order valence-electron chi connectivity index (χ1n) is 6.21. The van der Waals surface area contributed by atoms with Gasteiger partial charge in [0.15, 0.2) is 0 Å². The number of carbonyl (C=O) groups is 2. The van der Waals surface area contributed by atoms with Crippen LogP contribution >= 0.6 is 0 Å². The van der Waals surface area contributed by atoms with Crippen molar-refractivity contribution in [1.82, 2.24) is 4.98 Å². The van der Waals surface area contributed by atoms with Crippen molar-refractivity contribution in [3.8, 4) is 5.75 Å². The van der Waals surface area contributed by atoms with Crippen LogP contribution in [-0.2, 0) is 11.2 Å². The number of aromatic nitrogens is 1. The molecule has 0 saturated heterocycles. The fraction of sp³-hybridized carbons (Fsp3) is 0.133. The van der Waals surface area contributed by atoms with Gasteiger partial charge in [-0.2, -0.15) is 0 Å². The first-order valence-corrected chi connectivity index (χ1v) is 6.21. The molecular weight excluding hydrogens is 272 g/mol. The van der Waals surface area contributed by atoms with E-state index in [1.807, 2.05) is 18.2 Å². The zero-order valence-electron chi connectivity index (χ0n) is 11.4. The number of ether oxygens (including phenoxy) is 1. The minimum Gasteiger partial charge on any atom is -0.496 e. The summed E-state index contributed by atoms with van der Waals surface area (Å²) >= 11 is 0. The van der Waals surface area contributed by atoms with Crippen molar-refractivity contribution in [1.29, 1.82) is 0 Å². The number of hydrogen-bond donors (Lipinski definition) is 2. The highest BCUT2D eigenvalue weighted by Gasteiger charge is 2.09. The molecular formula is C15H14N2O4. The monoisotopic (exact) mass is 286 g/mol. The molecule has 0 bridgehead atoms. The Hall–Kier alpha value is -2.89. The number of aromatic carboxylic acids is 1. The van der Waals surface area contributed by atoms with Crippen LogP contribution in [0, 0.1) is 0 Å². The van der Waals surface area contributed by atoms with Crippen molar-refractivity contribution in [3.63, 3.8) is 0 Å². The highest BCUT2D eigenvalue weighted by molar-refractivity contribution is 5.93. The van der Waals surface area contributed by atoms with E-state index in [0.717, 1.165) is 5.56 Å². The zero-order valence-corrected chi connectivity index (χ0v) is 11.4. The number of amides is 1. The Morgan fingerprint density at radius 2 is 2.00 bits per heavy atom. The lowest BCUT2D eigenvalue weighted by Gasteiger charge is -2.08. The highest BCUT2D eigenvalue weighted by Crippen LogP contribution is 2.18. The summed E-state index contributed by atoms with van der Waals surface area (Å²) in [6, 6.07) is 10.1. The minimum absolute atomic E-state index is 0.0715. The summed E-state index contributed by atoms with van der Waals surface area (Å²) in [5.41, 5.74) is 1.14. The van der Waals surface area contributed by atoms with E-state index in [9.17, 15) is 9.59 Å². The van der Waals surface area contributed by atoms with E-state index in [1.165, 1.54) is 18.3 Å². The quantitative estimate of drug-likeness (QED) is 0.877. The number of methoxy groups -OCH3 is 1. The van der Waals surface area contributed by atoms with Crippen molar-refractivity contribution >= 4 is 17.6 Å². The molecule has 0 radical (unpaired) electrons. The van der Waals surface area contributed by atoms with Gasteiger partial charge in [0.05, 0.1) is 25.4 Å². The maximum atomic E-state index is 12.0. The predicted molar refractivity (Wildman–Crippen MR) is 76.5 cm³/mol. The van der Waals surface area contributed by atoms with Crippen LogP contribution in [0.5, 0.6) is 5.75 Å². The lowest BCUT2D eigenvalue weighted by molar-refractivity contribution is -0.115. The van der Waals surface area contributed by atoms with E-state index in [0.29, 0.717) is 11.4 Å². The average Bonchev–Trinajstić information content (AvgIpc) is 2.48. The third-order valence-corrected chi connectivity index (χ3v) is 2.81. The predicted octanol–water partition coefficient (Wildman–Crippen LogP) is 1.97. The number of rotatable bonds is 5. The number of carboxylic acids is 1. The summed E-state index contributed by atoms with van der Waals surface area (Å²) in [5, 5.41) is 11.4. The van der Waals surface area contributed by atoms with Gasteiger partial charge in [0.1, 0.15) is 11.4 Å². The molecule has 2 rings (SSSR count). The van der Waals surface area contributed by atoms with Crippen LogP contribution in [-0.4, -0.2) is 29.1 Å². The van der Waals surface area contributed by atoms with Gasteiger partial charge in [0.25, 0.3) is 0 Å². The van der Waals surface area contributed by atoms with Crippen molar-refractivity contribution in [2.24, 2.45) is 0 Å². The van der Waals surface area contributed by atoms with E-state index in [2.05, 4.69) is 10.3 Å². The fourth-order valence-corrected chi connectivity index (χ4v) is 1.82. The second kappa shape index (κ2) is 6.51. The largest absolute Gasteiger partial charge is 0.496 e. The Morgan fingerprint density at radius 3 is 2.62 bits per heavy atom. The van der Waals surface area contributed by atoms with Crippen LogP contribution in [0.3, 0.4) is 0 Å². The summed E-state index contributed by atoms with van der Waals surface area (Å²) in [7, 11) is 1.55. The smallest absolute Gasteiger partial charge is 0.354 e. The van der Waals surface area contributed by atoms with Crippen LogP contribution in [0.15, 0.2) is 42.6 Å². The number of nitrogens with zero attached hydrogens (tertiary/aromatic N) is 1. The molecule has 0 spiro atoms. The van der Waals surface area contributed by atoms with Crippen LogP contribution < -0.4 is 10.1 Å². The summed E-state index contributed by atoms with van der Waals surface area (Å²) < 4.78 is 5.18. The molecule has 1 aromatic carbocycles. The summed E-state index contributed by atoms with van der Waals surface area (Å²) in [6.07, 6.45) is 1.47. The number of carboxylic acid groups (broad SMARTS) is 1. The Bertz CT molecular complexity index is 653. The number of nitrogens with one attached hydrogen (secondary N) is 1. The van der Waals surface area contributed by atoms with E-state index in [4.69, 9.17) is 9.84 Å². The van der Waals surface area contributed by atoms with Crippen LogP contribution in [0.4, 0.5) is 5.69 Å². The van der Waals surface area contributed by atoms with Gasteiger partial charge in [-0.15, -0.1) is 0 Å². The van der Waals surface area contributed by atoms with Gasteiger partial charge in [-0.25, -0.2) is 9.78 Å². The van der Waals surface area contributed by atoms with Crippen molar-refractivity contribution in [2.45, 2.75) is 6.42 Å². The molecule has 6 nitrogen and oxygen atoms in total. The second-order valence-electron chi connectivity index (χ2n) is 4.27. The van der Waals surface area contributed by atoms with Gasteiger partial charge in [0.2, 0.25) is 5.91 Å². The first-order chi connectivity index (χ1) is 10.1. The number of anilines is 1. The molecule has 0 atom stereocenters. The molecule has 6 heteroatoms. The van der Waals surface area contributed by atoms with Crippen molar-refractivity contribution in [3.05, 3.63) is 53.9 Å². The average molecular weight is 286 g/mol. The Balaban J connectivity index is 2.03. The number of hydrogen-bond acceptors (Lipinski definition) is 4. The van der Waals surface area contributed by atoms with E-state index < -0.39 is 5.97 Å². The SMILES string of the molecule is COc1ccccc1CC(=O)Nc1ccc(C(=O)O)nc1. The standard InChI is InChI=1S/C15H14N2O4/c1-21-13-5-3-2-4-10(13)8-14(18)17-11-6-7-12(15(19)20)16-9-11/h2-7,9H,8H2,1H3,(H,17,18)(H,19,20). The molecule has 1 heterocycles. The summed E-state index contributed by atoms with van der Waals surface area (Å²) in [6.45, 7) is 0. The van der Waals surface area contributed by atoms with Crippen LogP contribution in [0.25, 0.3) is 0 Å². The molecule has 108 valence electrons. The maximum Gasteiger partial charge on any atom is 0.354 e. The molecule has 0 aliphatic carbocycles. The lowest BCUT2D eigenvalue weighted by atomic mass is 10.1. The van der Waals surface area contributed by atoms with Gasteiger partial charge in [-0.3, -0.25) is 4.79 Å². The molecule has 0 saturated carbocycles.